The third-order valence-corrected chi connectivity index (χ3v) is 8.48. The molecule has 0 saturated heterocycles. The first-order valence-corrected chi connectivity index (χ1v) is 17.9. The van der Waals surface area contributed by atoms with Crippen LogP contribution in [0.25, 0.3) is 0 Å². The van der Waals surface area contributed by atoms with Gasteiger partial charge in [0.05, 0.1) is 32.6 Å². The lowest BCUT2D eigenvalue weighted by molar-refractivity contribution is -0.870. The lowest BCUT2D eigenvalue weighted by Gasteiger charge is -2.28. The third-order valence-electron chi connectivity index (χ3n) is 7.67. The van der Waals surface area contributed by atoms with Crippen molar-refractivity contribution < 1.29 is 22.6 Å². The fraction of sp³-hybridized carbons (Fsp3) is 0.829. The van der Waals surface area contributed by atoms with E-state index in [4.69, 9.17) is 0 Å². The minimum Gasteiger partial charge on any atom is -0.744 e. The van der Waals surface area contributed by atoms with E-state index in [0.29, 0.717) is 11.1 Å². The number of hydrogen-bond donors (Lipinski definition) is 1. The molecule has 1 aromatic carbocycles. The number of aromatic hydroxyl groups is 1. The van der Waals surface area contributed by atoms with Crippen LogP contribution in [0.3, 0.4) is 0 Å². The molecule has 0 aromatic heterocycles. The Labute approximate surface area is 255 Å². The molecule has 0 spiro atoms. The SMILES string of the molecule is CC(C)(C)c1cc(S(=O)(=O)[O-])cc(C(C)(C)C)c1O.CCCCCCCCCCCCCCCCCC[N+](C)(C)C. The molecule has 0 unspecified atom stereocenters. The van der Waals surface area contributed by atoms with E-state index in [1.807, 2.05) is 41.5 Å². The van der Waals surface area contributed by atoms with Gasteiger partial charge in [0.2, 0.25) is 0 Å². The zero-order valence-electron chi connectivity index (χ0n) is 28.7. The van der Waals surface area contributed by atoms with Gasteiger partial charge in [0.25, 0.3) is 0 Å². The molecule has 5 nitrogen and oxygen atoms in total. The summed E-state index contributed by atoms with van der Waals surface area (Å²) < 4.78 is 34.9. The Morgan fingerprint density at radius 3 is 1.17 bits per heavy atom. The van der Waals surface area contributed by atoms with Crippen molar-refractivity contribution in [1.82, 2.24) is 0 Å². The second-order valence-corrected chi connectivity index (χ2v) is 16.5. The molecule has 41 heavy (non-hydrogen) atoms. The smallest absolute Gasteiger partial charge is 0.124 e. The van der Waals surface area contributed by atoms with Crippen LogP contribution in [0.15, 0.2) is 17.0 Å². The molecular formula is C35H67NO4S. The number of phenolic OH excluding ortho intramolecular Hbond substituents is 1. The molecule has 0 amide bonds. The van der Waals surface area contributed by atoms with Crippen molar-refractivity contribution in [2.75, 3.05) is 27.7 Å². The van der Waals surface area contributed by atoms with Gasteiger partial charge in [-0.05, 0) is 35.8 Å². The molecular weight excluding hydrogens is 530 g/mol. The molecule has 0 bridgehead atoms. The van der Waals surface area contributed by atoms with Gasteiger partial charge in [-0.2, -0.15) is 0 Å². The van der Waals surface area contributed by atoms with Crippen LogP contribution in [0.5, 0.6) is 5.75 Å². The van der Waals surface area contributed by atoms with Crippen LogP contribution in [0.2, 0.25) is 0 Å². The lowest BCUT2D eigenvalue weighted by atomic mass is 9.79. The van der Waals surface area contributed by atoms with Crippen molar-refractivity contribution in [1.29, 1.82) is 0 Å². The highest BCUT2D eigenvalue weighted by Crippen LogP contribution is 2.40. The molecule has 0 heterocycles. The maximum atomic E-state index is 11.3. The number of phenols is 1. The lowest BCUT2D eigenvalue weighted by Crippen LogP contribution is -2.35. The molecule has 0 aliphatic carbocycles. The molecule has 6 heteroatoms. The average molecular weight is 598 g/mol. The number of rotatable bonds is 18. The first-order chi connectivity index (χ1) is 18.8. The van der Waals surface area contributed by atoms with E-state index in [-0.39, 0.29) is 10.6 Å². The predicted octanol–water partition coefficient (Wildman–Crippen LogP) is 9.85. The van der Waals surface area contributed by atoms with Crippen LogP contribution in [0, 0.1) is 0 Å². The predicted molar refractivity (Wildman–Crippen MR) is 176 cm³/mol. The summed E-state index contributed by atoms with van der Waals surface area (Å²) in [5.41, 5.74) is 0.0268. The van der Waals surface area contributed by atoms with E-state index in [0.717, 1.165) is 4.48 Å². The Hall–Kier alpha value is -1.11. The van der Waals surface area contributed by atoms with Crippen LogP contribution in [-0.2, 0) is 20.9 Å². The van der Waals surface area contributed by atoms with Gasteiger partial charge in [0.15, 0.2) is 0 Å². The van der Waals surface area contributed by atoms with Gasteiger partial charge in [0, 0.05) is 11.1 Å². The van der Waals surface area contributed by atoms with Gasteiger partial charge in [-0.1, -0.05) is 138 Å². The summed E-state index contributed by atoms with van der Waals surface area (Å²) in [6.45, 7) is 14.8. The van der Waals surface area contributed by atoms with Gasteiger partial charge >= 0.3 is 0 Å². The van der Waals surface area contributed by atoms with Crippen molar-refractivity contribution in [3.63, 3.8) is 0 Å². The van der Waals surface area contributed by atoms with Crippen LogP contribution >= 0.6 is 0 Å². The Morgan fingerprint density at radius 1 is 0.634 bits per heavy atom. The summed E-state index contributed by atoms with van der Waals surface area (Å²) in [6.07, 6.45) is 23.4. The van der Waals surface area contributed by atoms with Crippen molar-refractivity contribution in [2.24, 2.45) is 0 Å². The maximum Gasteiger partial charge on any atom is 0.124 e. The highest BCUT2D eigenvalue weighted by molar-refractivity contribution is 7.85. The normalized spacial score (nSPS) is 12.8. The van der Waals surface area contributed by atoms with Crippen LogP contribution in [-0.4, -0.2) is 50.2 Å². The standard InChI is InChI=1S/C21H46N.C14H22O4S/c1-5-6-7-8-9-10-11-12-13-14-15-16-17-18-19-20-21-22(2,3)4;1-13(2,3)10-7-9(19(16,17)18)8-11(12(10)15)14(4,5)6/h5-21H2,1-4H3;7-8,15H,1-6H3,(H,16,17,18)/q+1;/p-1. The minimum atomic E-state index is -4.55. The summed E-state index contributed by atoms with van der Waals surface area (Å²) in [7, 11) is 2.34. The number of hydrogen-bond acceptors (Lipinski definition) is 4. The second kappa shape index (κ2) is 19.2. The highest BCUT2D eigenvalue weighted by atomic mass is 32.2. The van der Waals surface area contributed by atoms with Crippen molar-refractivity contribution in [3.05, 3.63) is 23.3 Å². The van der Waals surface area contributed by atoms with Gasteiger partial charge < -0.3 is 14.1 Å². The van der Waals surface area contributed by atoms with E-state index in [1.165, 1.54) is 121 Å². The van der Waals surface area contributed by atoms with Crippen LogP contribution in [0.1, 0.15) is 162 Å². The molecule has 1 rings (SSSR count). The molecule has 0 radical (unpaired) electrons. The molecule has 242 valence electrons. The van der Waals surface area contributed by atoms with Crippen molar-refractivity contribution >= 4 is 10.1 Å². The summed E-state index contributed by atoms with van der Waals surface area (Å²) in [5.74, 6) is 0.0624. The number of benzene rings is 1. The van der Waals surface area contributed by atoms with Crippen molar-refractivity contribution in [3.8, 4) is 5.75 Å². The summed E-state index contributed by atoms with van der Waals surface area (Å²) in [6, 6.07) is 2.54. The maximum absolute atomic E-state index is 11.3. The van der Waals surface area contributed by atoms with Gasteiger partial charge in [0.1, 0.15) is 15.9 Å². The topological polar surface area (TPSA) is 77.4 Å². The summed E-state index contributed by atoms with van der Waals surface area (Å²) in [5, 5.41) is 10.4. The van der Waals surface area contributed by atoms with Crippen LogP contribution in [0.4, 0.5) is 0 Å². The van der Waals surface area contributed by atoms with E-state index in [9.17, 15) is 18.1 Å². The Kier molecular flexibility index (Phi) is 18.7. The fourth-order valence-electron chi connectivity index (χ4n) is 5.03. The van der Waals surface area contributed by atoms with Gasteiger partial charge in [-0.3, -0.25) is 0 Å². The largest absolute Gasteiger partial charge is 0.744 e. The first kappa shape index (κ1) is 39.9. The molecule has 0 aliphatic heterocycles. The number of nitrogens with zero attached hydrogens (tertiary/aromatic N) is 1. The first-order valence-electron chi connectivity index (χ1n) is 16.4. The zero-order valence-corrected chi connectivity index (χ0v) is 29.5. The molecule has 0 aliphatic rings. The summed E-state index contributed by atoms with van der Waals surface area (Å²) in [4.78, 5) is -0.292. The van der Waals surface area contributed by atoms with Gasteiger partial charge in [-0.25, -0.2) is 8.42 Å². The fourth-order valence-corrected chi connectivity index (χ4v) is 5.55. The Balaban J connectivity index is 0.000000788. The second-order valence-electron chi connectivity index (χ2n) is 15.1. The summed E-state index contributed by atoms with van der Waals surface area (Å²) >= 11 is 0. The molecule has 1 N–H and O–H groups in total. The Bertz CT molecular complexity index is 899. The van der Waals surface area contributed by atoms with E-state index < -0.39 is 20.9 Å². The number of unbranched alkanes of at least 4 members (excludes halogenated alkanes) is 15. The minimum absolute atomic E-state index is 0.0624. The number of quaternary nitrogens is 1. The van der Waals surface area contributed by atoms with Crippen LogP contribution < -0.4 is 0 Å². The van der Waals surface area contributed by atoms with Crippen molar-refractivity contribution in [2.45, 2.75) is 167 Å². The molecule has 1 aromatic rings. The van der Waals surface area contributed by atoms with E-state index in [2.05, 4.69) is 28.1 Å². The van der Waals surface area contributed by atoms with E-state index >= 15 is 0 Å². The highest BCUT2D eigenvalue weighted by Gasteiger charge is 2.27. The average Bonchev–Trinajstić information content (AvgIpc) is 2.81. The molecule has 0 atom stereocenters. The molecule has 0 fully saturated rings. The zero-order chi connectivity index (χ0) is 31.7. The van der Waals surface area contributed by atoms with Gasteiger partial charge in [-0.15, -0.1) is 0 Å². The Morgan fingerprint density at radius 2 is 0.927 bits per heavy atom. The quantitative estimate of drug-likeness (QED) is 0.104. The van der Waals surface area contributed by atoms with E-state index in [1.54, 1.807) is 0 Å². The molecule has 0 saturated carbocycles. The monoisotopic (exact) mass is 597 g/mol. The third kappa shape index (κ3) is 19.7.